The maximum absolute atomic E-state index is 12.5. The first-order valence-electron chi connectivity index (χ1n) is 6.52. The van der Waals surface area contributed by atoms with Crippen molar-refractivity contribution in [2.75, 3.05) is 19.9 Å². The van der Waals surface area contributed by atoms with Gasteiger partial charge in [0.1, 0.15) is 11.9 Å². The van der Waals surface area contributed by atoms with Crippen LogP contribution in [0.15, 0.2) is 30.3 Å². The Balaban J connectivity index is 2.18. The van der Waals surface area contributed by atoms with Gasteiger partial charge in [-0.3, -0.25) is 0 Å². The fourth-order valence-electron chi connectivity index (χ4n) is 2.07. The molecule has 0 saturated carbocycles. The van der Waals surface area contributed by atoms with Gasteiger partial charge in [0.05, 0.1) is 13.3 Å². The summed E-state index contributed by atoms with van der Waals surface area (Å²) in [7, 11) is -2.09. The van der Waals surface area contributed by atoms with Crippen molar-refractivity contribution in [3.05, 3.63) is 30.3 Å². The van der Waals surface area contributed by atoms with Gasteiger partial charge >= 0.3 is 11.7 Å². The predicted octanol–water partition coefficient (Wildman–Crippen LogP) is 2.68. The van der Waals surface area contributed by atoms with Crippen LogP contribution < -0.4 is 5.30 Å². The third-order valence-electron chi connectivity index (χ3n) is 3.59. The van der Waals surface area contributed by atoms with Crippen LogP contribution in [0.5, 0.6) is 0 Å². The highest BCUT2D eigenvalue weighted by molar-refractivity contribution is 7.95. The minimum absolute atomic E-state index is 0.286. The van der Waals surface area contributed by atoms with E-state index in [1.54, 1.807) is 0 Å². The van der Waals surface area contributed by atoms with E-state index in [4.69, 9.17) is 9.47 Å². The lowest BCUT2D eigenvalue weighted by Gasteiger charge is -2.23. The van der Waals surface area contributed by atoms with Crippen LogP contribution in [-0.4, -0.2) is 37.7 Å². The van der Waals surface area contributed by atoms with Gasteiger partial charge < -0.3 is 9.47 Å². The lowest BCUT2D eigenvalue weighted by molar-refractivity contribution is -0.144. The number of esters is 1. The molecule has 1 heterocycles. The van der Waals surface area contributed by atoms with E-state index in [0.29, 0.717) is 0 Å². The zero-order chi connectivity index (χ0) is 15.0. The summed E-state index contributed by atoms with van der Waals surface area (Å²) in [4.78, 5) is 24.2. The smallest absolute Gasteiger partial charge is 0.456 e. The summed E-state index contributed by atoms with van der Waals surface area (Å²) in [6, 6.07) is 9.56. The van der Waals surface area contributed by atoms with E-state index >= 15 is 0 Å². The molecule has 1 fully saturated rings. The topological polar surface area (TPSA) is 52.6 Å². The maximum Gasteiger partial charge on any atom is 0.456 e. The molecule has 1 aliphatic heterocycles. The van der Waals surface area contributed by atoms with Gasteiger partial charge in [-0.15, -0.1) is 0 Å². The van der Waals surface area contributed by atoms with Crippen LogP contribution in [0.4, 0.5) is 4.79 Å². The molecule has 0 radical (unpaired) electrons. The molecule has 5 heteroatoms. The molecule has 20 heavy (non-hydrogen) atoms. The van der Waals surface area contributed by atoms with E-state index < -0.39 is 24.8 Å². The number of carbonyl (C=O) groups excluding carboxylic acids is 2. The molecule has 1 aromatic carbocycles. The van der Waals surface area contributed by atoms with Crippen molar-refractivity contribution >= 4 is 24.2 Å². The van der Waals surface area contributed by atoms with Crippen LogP contribution in [0.25, 0.3) is 0 Å². The molecule has 2 rings (SSSR count). The van der Waals surface area contributed by atoms with Crippen LogP contribution in [0.1, 0.15) is 13.8 Å². The van der Waals surface area contributed by atoms with Gasteiger partial charge in [0, 0.05) is 5.41 Å². The van der Waals surface area contributed by atoms with Gasteiger partial charge in [0.2, 0.25) is 6.10 Å². The first-order chi connectivity index (χ1) is 9.25. The number of rotatable bonds is 3. The van der Waals surface area contributed by atoms with Gasteiger partial charge in [-0.2, -0.15) is 0 Å². The normalized spacial score (nSPS) is 21.4. The maximum atomic E-state index is 12.5. The summed E-state index contributed by atoms with van der Waals surface area (Å²) in [5, 5.41) is 0.967. The van der Waals surface area contributed by atoms with E-state index in [-0.39, 0.29) is 12.3 Å². The summed E-state index contributed by atoms with van der Waals surface area (Å²) in [6.07, 6.45) is -0.807. The Hall–Kier alpha value is -1.41. The van der Waals surface area contributed by atoms with Crippen molar-refractivity contribution in [1.82, 2.24) is 0 Å². The monoisotopic (exact) mass is 295 g/mol. The van der Waals surface area contributed by atoms with Crippen molar-refractivity contribution in [3.8, 4) is 0 Å². The third-order valence-corrected chi connectivity index (χ3v) is 6.19. The molecule has 0 aromatic heterocycles. The third kappa shape index (κ3) is 2.71. The second-order valence-electron chi connectivity index (χ2n) is 6.15. The Kier molecular flexibility index (Phi) is 3.88. The molecule has 0 aliphatic carbocycles. The van der Waals surface area contributed by atoms with Crippen LogP contribution >= 0.6 is 7.26 Å². The molecule has 0 unspecified atom stereocenters. The molecule has 0 amide bonds. The molecular formula is C15H20O4P+. The largest absolute Gasteiger partial charge is 0.462 e. The zero-order valence-electron chi connectivity index (χ0n) is 12.3. The number of hydrogen-bond acceptors (Lipinski definition) is 4. The highest BCUT2D eigenvalue weighted by Gasteiger charge is 2.51. The Labute approximate surface area is 119 Å². The van der Waals surface area contributed by atoms with Crippen molar-refractivity contribution in [2.45, 2.75) is 20.0 Å². The molecule has 1 aliphatic rings. The van der Waals surface area contributed by atoms with E-state index in [9.17, 15) is 9.59 Å². The van der Waals surface area contributed by atoms with Gasteiger partial charge in [0.25, 0.3) is 0 Å². The summed E-state index contributed by atoms with van der Waals surface area (Å²) < 4.78 is 10.5. The standard InChI is InChI=1S/C15H20O4P/c1-15(2)10-18-13(16)12(15)19-14(17)20(3,4)11-8-6-5-7-9-11/h5-9,12H,10H2,1-4H3/q+1/t12-/m1/s1. The Bertz CT molecular complexity index is 522. The molecular weight excluding hydrogens is 275 g/mol. The van der Waals surface area contributed by atoms with Crippen molar-refractivity contribution in [1.29, 1.82) is 0 Å². The lowest BCUT2D eigenvalue weighted by atomic mass is 9.90. The molecule has 1 saturated heterocycles. The molecule has 0 N–H and O–H groups in total. The highest BCUT2D eigenvalue weighted by atomic mass is 31.2. The summed E-state index contributed by atoms with van der Waals surface area (Å²) in [6.45, 7) is 7.82. The van der Waals surface area contributed by atoms with Gasteiger partial charge in [-0.1, -0.05) is 32.0 Å². The Morgan fingerprint density at radius 2 is 1.90 bits per heavy atom. The predicted molar refractivity (Wildman–Crippen MR) is 79.9 cm³/mol. The second-order valence-corrected chi connectivity index (χ2v) is 9.94. The second kappa shape index (κ2) is 5.17. The molecule has 1 atom stereocenters. The minimum atomic E-state index is -2.09. The summed E-state index contributed by atoms with van der Waals surface area (Å²) in [5.74, 6) is -0.448. The van der Waals surface area contributed by atoms with Gasteiger partial charge in [-0.25, -0.2) is 9.59 Å². The van der Waals surface area contributed by atoms with E-state index in [2.05, 4.69) is 0 Å². The van der Waals surface area contributed by atoms with Crippen LogP contribution in [0, 0.1) is 5.41 Å². The summed E-state index contributed by atoms with van der Waals surface area (Å²) >= 11 is 0. The fourth-order valence-corrected chi connectivity index (χ4v) is 3.57. The fraction of sp³-hybridized carbons (Fsp3) is 0.467. The van der Waals surface area contributed by atoms with Crippen molar-refractivity contribution < 1.29 is 19.1 Å². The van der Waals surface area contributed by atoms with Gasteiger partial charge in [-0.05, 0) is 12.1 Å². The SMILES string of the molecule is CC1(C)COC(=O)[C@H]1OC(=O)[P+](C)(C)c1ccccc1. The number of carbonyl (C=O) groups is 2. The molecule has 1 aromatic rings. The highest BCUT2D eigenvalue weighted by Crippen LogP contribution is 2.52. The average molecular weight is 295 g/mol. The molecule has 0 spiro atoms. The summed E-state index contributed by atoms with van der Waals surface area (Å²) in [5.41, 5.74) is -0.774. The van der Waals surface area contributed by atoms with Crippen LogP contribution in [-0.2, 0) is 14.3 Å². The van der Waals surface area contributed by atoms with Crippen molar-refractivity contribution in [2.24, 2.45) is 5.41 Å². The average Bonchev–Trinajstić information content (AvgIpc) is 2.66. The van der Waals surface area contributed by atoms with Crippen molar-refractivity contribution in [3.63, 3.8) is 0 Å². The zero-order valence-corrected chi connectivity index (χ0v) is 13.1. The number of hydrogen-bond donors (Lipinski definition) is 0. The first-order valence-corrected chi connectivity index (χ1v) is 9.21. The van der Waals surface area contributed by atoms with Crippen LogP contribution in [0.3, 0.4) is 0 Å². The quantitative estimate of drug-likeness (QED) is 0.635. The molecule has 0 bridgehead atoms. The molecule has 108 valence electrons. The Morgan fingerprint density at radius 1 is 1.30 bits per heavy atom. The van der Waals surface area contributed by atoms with Gasteiger partial charge in [0.15, 0.2) is 7.26 Å². The van der Waals surface area contributed by atoms with E-state index in [1.807, 2.05) is 57.5 Å². The minimum Gasteiger partial charge on any atom is -0.462 e. The van der Waals surface area contributed by atoms with E-state index in [0.717, 1.165) is 5.30 Å². The number of benzene rings is 1. The molecule has 4 nitrogen and oxygen atoms in total. The van der Waals surface area contributed by atoms with Crippen LogP contribution in [0.2, 0.25) is 0 Å². The first kappa shape index (κ1) is 15.0. The van der Waals surface area contributed by atoms with E-state index in [1.165, 1.54) is 0 Å². The number of ether oxygens (including phenoxy) is 2. The Morgan fingerprint density at radius 3 is 2.40 bits per heavy atom. The number of cyclic esters (lactones) is 1. The lowest BCUT2D eigenvalue weighted by Crippen LogP contribution is -2.35.